The summed E-state index contributed by atoms with van der Waals surface area (Å²) in [5, 5.41) is 12.3. The van der Waals surface area contributed by atoms with Gasteiger partial charge in [0.25, 0.3) is 0 Å². The van der Waals surface area contributed by atoms with E-state index in [0.29, 0.717) is 44.7 Å². The quantitative estimate of drug-likeness (QED) is 0.894. The first-order chi connectivity index (χ1) is 10.5. The molecule has 0 saturated carbocycles. The molecule has 0 bridgehead atoms. The molecule has 5 nitrogen and oxygen atoms in total. The van der Waals surface area contributed by atoms with Crippen LogP contribution < -0.4 is 10.2 Å². The molecule has 2 N–H and O–H groups in total. The number of carbonyl (C=O) groups excluding carboxylic acids is 1. The van der Waals surface area contributed by atoms with Crippen molar-refractivity contribution in [3.8, 4) is 0 Å². The summed E-state index contributed by atoms with van der Waals surface area (Å²) >= 11 is 0. The van der Waals surface area contributed by atoms with E-state index in [9.17, 15) is 14.3 Å². The topological polar surface area (TPSA) is 55.8 Å². The van der Waals surface area contributed by atoms with Crippen LogP contribution in [0.3, 0.4) is 0 Å². The highest BCUT2D eigenvalue weighted by Gasteiger charge is 2.19. The van der Waals surface area contributed by atoms with Crippen molar-refractivity contribution in [1.29, 1.82) is 0 Å². The van der Waals surface area contributed by atoms with Crippen molar-refractivity contribution in [2.75, 3.05) is 31.6 Å². The van der Waals surface area contributed by atoms with Crippen LogP contribution in [-0.2, 0) is 6.54 Å². The van der Waals surface area contributed by atoms with E-state index in [-0.39, 0.29) is 18.0 Å². The molecule has 0 atom stereocenters. The number of aliphatic hydroxyl groups excluding tert-OH is 1. The number of urea groups is 1. The lowest BCUT2D eigenvalue weighted by atomic mass is 10.1. The minimum Gasteiger partial charge on any atom is -0.393 e. The fourth-order valence-electron chi connectivity index (χ4n) is 2.48. The van der Waals surface area contributed by atoms with Crippen LogP contribution in [0.4, 0.5) is 14.9 Å². The van der Waals surface area contributed by atoms with Gasteiger partial charge in [0.1, 0.15) is 5.82 Å². The minimum absolute atomic E-state index is 0.169. The molecule has 0 spiro atoms. The third-order valence-corrected chi connectivity index (χ3v) is 4.08. The van der Waals surface area contributed by atoms with E-state index in [1.807, 2.05) is 17.9 Å². The Morgan fingerprint density at radius 3 is 2.73 bits per heavy atom. The maximum atomic E-state index is 14.3. The Hall–Kier alpha value is -1.82. The maximum absolute atomic E-state index is 14.3. The van der Waals surface area contributed by atoms with Gasteiger partial charge in [0.05, 0.1) is 11.8 Å². The van der Waals surface area contributed by atoms with Crippen LogP contribution in [0.15, 0.2) is 18.2 Å². The maximum Gasteiger partial charge on any atom is 0.317 e. The van der Waals surface area contributed by atoms with Crippen LogP contribution in [0.5, 0.6) is 0 Å². The Balaban J connectivity index is 1.96. The molecular weight excluding hydrogens is 285 g/mol. The van der Waals surface area contributed by atoms with Crippen LogP contribution in [0.2, 0.25) is 0 Å². The van der Waals surface area contributed by atoms with Gasteiger partial charge in [-0.1, -0.05) is 6.07 Å². The molecule has 2 rings (SSSR count). The molecule has 0 radical (unpaired) electrons. The first-order valence-corrected chi connectivity index (χ1v) is 7.71. The molecule has 0 aromatic heterocycles. The predicted octanol–water partition coefficient (Wildman–Crippen LogP) is 1.95. The number of carbonyl (C=O) groups is 1. The lowest BCUT2D eigenvalue weighted by Gasteiger charge is -2.31. The van der Waals surface area contributed by atoms with Gasteiger partial charge in [0.2, 0.25) is 0 Å². The van der Waals surface area contributed by atoms with Gasteiger partial charge in [0.15, 0.2) is 0 Å². The zero-order chi connectivity index (χ0) is 16.1. The number of hydrogen-bond donors (Lipinski definition) is 2. The van der Waals surface area contributed by atoms with Gasteiger partial charge in [0, 0.05) is 33.2 Å². The summed E-state index contributed by atoms with van der Waals surface area (Å²) in [6.45, 7) is 4.15. The van der Waals surface area contributed by atoms with E-state index < -0.39 is 0 Å². The number of benzene rings is 1. The molecule has 122 valence electrons. The monoisotopic (exact) mass is 309 g/mol. The summed E-state index contributed by atoms with van der Waals surface area (Å²) in [5.41, 5.74) is 1.30. The predicted molar refractivity (Wildman–Crippen MR) is 84.4 cm³/mol. The van der Waals surface area contributed by atoms with Crippen LogP contribution in [0.25, 0.3) is 0 Å². The van der Waals surface area contributed by atoms with Gasteiger partial charge >= 0.3 is 6.03 Å². The molecule has 1 fully saturated rings. The molecule has 1 aliphatic heterocycles. The van der Waals surface area contributed by atoms with E-state index in [0.717, 1.165) is 5.56 Å². The average molecular weight is 309 g/mol. The number of nitrogens with one attached hydrogen (secondary N) is 1. The van der Waals surface area contributed by atoms with Gasteiger partial charge in [-0.25, -0.2) is 9.18 Å². The molecule has 1 saturated heterocycles. The van der Waals surface area contributed by atoms with Gasteiger partial charge in [-0.05, 0) is 37.5 Å². The summed E-state index contributed by atoms with van der Waals surface area (Å²) in [6.07, 6.45) is 1.06. The number of anilines is 1. The highest BCUT2D eigenvalue weighted by molar-refractivity contribution is 5.73. The lowest BCUT2D eigenvalue weighted by Crippen LogP contribution is -2.37. The Morgan fingerprint density at radius 2 is 2.14 bits per heavy atom. The molecule has 1 aliphatic rings. The van der Waals surface area contributed by atoms with Crippen molar-refractivity contribution in [2.45, 2.75) is 32.4 Å². The van der Waals surface area contributed by atoms with Crippen LogP contribution in [0.1, 0.15) is 25.3 Å². The van der Waals surface area contributed by atoms with E-state index in [1.165, 1.54) is 6.07 Å². The van der Waals surface area contributed by atoms with Crippen molar-refractivity contribution in [3.05, 3.63) is 29.6 Å². The molecule has 1 aromatic rings. The normalized spacial score (nSPS) is 15.7. The van der Waals surface area contributed by atoms with Crippen molar-refractivity contribution in [2.24, 2.45) is 0 Å². The van der Waals surface area contributed by atoms with Crippen LogP contribution in [0, 0.1) is 5.82 Å². The Labute approximate surface area is 130 Å². The fourth-order valence-corrected chi connectivity index (χ4v) is 2.48. The summed E-state index contributed by atoms with van der Waals surface area (Å²) in [5.74, 6) is -0.285. The summed E-state index contributed by atoms with van der Waals surface area (Å²) in [7, 11) is 1.71. The van der Waals surface area contributed by atoms with Crippen molar-refractivity contribution in [1.82, 2.24) is 10.2 Å². The third-order valence-electron chi connectivity index (χ3n) is 4.08. The van der Waals surface area contributed by atoms with Crippen LogP contribution >= 0.6 is 0 Å². The molecule has 22 heavy (non-hydrogen) atoms. The first kappa shape index (κ1) is 16.5. The molecular formula is C16H24FN3O2. The molecule has 6 heteroatoms. The molecule has 1 aromatic carbocycles. The fraction of sp³-hybridized carbons (Fsp3) is 0.562. The summed E-state index contributed by atoms with van der Waals surface area (Å²) < 4.78 is 14.3. The zero-order valence-electron chi connectivity index (χ0n) is 13.2. The van der Waals surface area contributed by atoms with Gasteiger partial charge in [-0.3, -0.25) is 0 Å². The average Bonchev–Trinajstić information content (AvgIpc) is 2.53. The highest BCUT2D eigenvalue weighted by Crippen LogP contribution is 2.24. The molecule has 0 aliphatic carbocycles. The largest absolute Gasteiger partial charge is 0.393 e. The number of halogens is 1. The van der Waals surface area contributed by atoms with Crippen molar-refractivity contribution < 1.29 is 14.3 Å². The minimum atomic E-state index is -0.285. The second-order valence-corrected chi connectivity index (χ2v) is 5.68. The second-order valence-electron chi connectivity index (χ2n) is 5.68. The number of hydrogen-bond acceptors (Lipinski definition) is 3. The summed E-state index contributed by atoms with van der Waals surface area (Å²) in [6, 6.07) is 4.87. The van der Waals surface area contributed by atoms with E-state index in [4.69, 9.17) is 0 Å². The number of amides is 2. The SMILES string of the molecule is CCN(C)C(=O)NCc1ccc(N2CCC(O)CC2)c(F)c1. The Morgan fingerprint density at radius 1 is 1.45 bits per heavy atom. The summed E-state index contributed by atoms with van der Waals surface area (Å²) in [4.78, 5) is 15.2. The van der Waals surface area contributed by atoms with E-state index in [2.05, 4.69) is 5.32 Å². The van der Waals surface area contributed by atoms with Crippen molar-refractivity contribution >= 4 is 11.7 Å². The third kappa shape index (κ3) is 4.10. The Kier molecular flexibility index (Phi) is 5.60. The number of aliphatic hydroxyl groups is 1. The van der Waals surface area contributed by atoms with E-state index in [1.54, 1.807) is 18.0 Å². The molecule has 1 heterocycles. The smallest absolute Gasteiger partial charge is 0.317 e. The number of rotatable bonds is 4. The second kappa shape index (κ2) is 7.45. The number of piperidine rings is 1. The molecule has 0 unspecified atom stereocenters. The zero-order valence-corrected chi connectivity index (χ0v) is 13.2. The van der Waals surface area contributed by atoms with Gasteiger partial charge in [-0.2, -0.15) is 0 Å². The van der Waals surface area contributed by atoms with Crippen LogP contribution in [-0.4, -0.2) is 48.8 Å². The van der Waals surface area contributed by atoms with Gasteiger partial charge < -0.3 is 20.2 Å². The highest BCUT2D eigenvalue weighted by atomic mass is 19.1. The van der Waals surface area contributed by atoms with E-state index >= 15 is 0 Å². The standard InChI is InChI=1S/C16H24FN3O2/c1-3-19(2)16(22)18-11-12-4-5-15(14(17)10-12)20-8-6-13(21)7-9-20/h4-5,10,13,21H,3,6-9,11H2,1-2H3,(H,18,22). The van der Waals surface area contributed by atoms with Gasteiger partial charge in [-0.15, -0.1) is 0 Å². The first-order valence-electron chi connectivity index (χ1n) is 7.71. The molecule has 2 amide bonds. The lowest BCUT2D eigenvalue weighted by molar-refractivity contribution is 0.145. The Bertz CT molecular complexity index is 516. The van der Waals surface area contributed by atoms with Crippen molar-refractivity contribution in [3.63, 3.8) is 0 Å². The number of nitrogens with zero attached hydrogens (tertiary/aromatic N) is 2.